The van der Waals surface area contributed by atoms with Crippen molar-refractivity contribution >= 4 is 22.1 Å². The highest BCUT2D eigenvalue weighted by Crippen LogP contribution is 2.33. The molecule has 0 radical (unpaired) electrons. The Bertz CT molecular complexity index is 964. The van der Waals surface area contributed by atoms with E-state index in [2.05, 4.69) is 9.97 Å². The van der Waals surface area contributed by atoms with Crippen LogP contribution in [0.25, 0.3) is 33.5 Å². The molecule has 0 aliphatic heterocycles. The molecule has 4 rings (SSSR count). The van der Waals surface area contributed by atoms with Crippen molar-refractivity contribution in [3.8, 4) is 17.3 Å². The smallest absolute Gasteiger partial charge is 0.259 e. The van der Waals surface area contributed by atoms with Gasteiger partial charge in [-0.15, -0.1) is 0 Å². The van der Waals surface area contributed by atoms with Crippen molar-refractivity contribution in [3.63, 3.8) is 0 Å². The zero-order valence-corrected chi connectivity index (χ0v) is 10.7. The standard InChI is InChI=1S/C16H9FN2O2/c17-10-6-7-12-11(8-10)13-14(21-12)16(20)19-15(18-13)9-4-2-1-3-5-9/h1-8H,(H,18,19,20). The van der Waals surface area contributed by atoms with Gasteiger partial charge >= 0.3 is 0 Å². The first-order chi connectivity index (χ1) is 10.2. The summed E-state index contributed by atoms with van der Waals surface area (Å²) in [6.07, 6.45) is 0. The molecule has 0 atom stereocenters. The molecule has 0 saturated heterocycles. The first kappa shape index (κ1) is 11.8. The minimum absolute atomic E-state index is 0.162. The molecule has 0 unspecified atom stereocenters. The predicted octanol–water partition coefficient (Wildman–Crippen LogP) is 3.89. The second-order valence-electron chi connectivity index (χ2n) is 4.66. The van der Waals surface area contributed by atoms with Crippen LogP contribution in [-0.2, 0) is 0 Å². The maximum Gasteiger partial charge on any atom is 0.259 e. The van der Waals surface area contributed by atoms with E-state index in [0.29, 0.717) is 22.3 Å². The van der Waals surface area contributed by atoms with Gasteiger partial charge in [-0.05, 0) is 18.2 Å². The second kappa shape index (κ2) is 4.28. The van der Waals surface area contributed by atoms with Gasteiger partial charge in [0.15, 0.2) is 5.82 Å². The minimum atomic E-state index is -0.385. The van der Waals surface area contributed by atoms with Crippen molar-refractivity contribution in [2.45, 2.75) is 0 Å². The van der Waals surface area contributed by atoms with Gasteiger partial charge in [-0.25, -0.2) is 9.37 Å². The normalized spacial score (nSPS) is 11.3. The number of fused-ring (bicyclic) bond motifs is 3. The molecule has 2 aromatic carbocycles. The van der Waals surface area contributed by atoms with Crippen LogP contribution in [0.1, 0.15) is 0 Å². The predicted molar refractivity (Wildman–Crippen MR) is 76.4 cm³/mol. The van der Waals surface area contributed by atoms with Crippen LogP contribution in [0.5, 0.6) is 5.88 Å². The molecule has 4 aromatic rings. The molecule has 1 N–H and O–H groups in total. The van der Waals surface area contributed by atoms with Crippen molar-refractivity contribution in [1.29, 1.82) is 0 Å². The Labute approximate surface area is 118 Å². The van der Waals surface area contributed by atoms with Crippen LogP contribution in [0.4, 0.5) is 4.39 Å². The number of furan rings is 1. The van der Waals surface area contributed by atoms with Gasteiger partial charge in [0.1, 0.15) is 16.9 Å². The number of nitrogens with zero attached hydrogens (tertiary/aromatic N) is 2. The van der Waals surface area contributed by atoms with Gasteiger partial charge in [0.25, 0.3) is 5.88 Å². The average Bonchev–Trinajstić information content (AvgIpc) is 2.87. The van der Waals surface area contributed by atoms with Gasteiger partial charge in [-0.3, -0.25) is 0 Å². The lowest BCUT2D eigenvalue weighted by Gasteiger charge is -2.00. The third kappa shape index (κ3) is 1.82. The largest absolute Gasteiger partial charge is 0.491 e. The third-order valence-corrected chi connectivity index (χ3v) is 3.29. The molecule has 2 aromatic heterocycles. The molecule has 0 aliphatic rings. The molecule has 21 heavy (non-hydrogen) atoms. The lowest BCUT2D eigenvalue weighted by atomic mass is 10.2. The molecule has 0 spiro atoms. The summed E-state index contributed by atoms with van der Waals surface area (Å²) in [4.78, 5) is 8.45. The number of aromatic hydroxyl groups is 1. The van der Waals surface area contributed by atoms with E-state index in [4.69, 9.17) is 4.42 Å². The molecule has 0 amide bonds. The van der Waals surface area contributed by atoms with Crippen molar-refractivity contribution in [3.05, 3.63) is 54.3 Å². The van der Waals surface area contributed by atoms with Crippen LogP contribution in [0.3, 0.4) is 0 Å². The molecule has 4 nitrogen and oxygen atoms in total. The number of halogens is 1. The van der Waals surface area contributed by atoms with Crippen LogP contribution in [0.15, 0.2) is 52.9 Å². The zero-order chi connectivity index (χ0) is 14.4. The summed E-state index contributed by atoms with van der Waals surface area (Å²) in [5.74, 6) is -0.271. The molecule has 5 heteroatoms. The van der Waals surface area contributed by atoms with E-state index in [1.54, 1.807) is 0 Å². The van der Waals surface area contributed by atoms with E-state index < -0.39 is 0 Å². The summed E-state index contributed by atoms with van der Waals surface area (Å²) < 4.78 is 18.9. The number of hydrogen-bond acceptors (Lipinski definition) is 4. The van der Waals surface area contributed by atoms with Gasteiger partial charge in [0.2, 0.25) is 5.58 Å². The quantitative estimate of drug-likeness (QED) is 0.574. The first-order valence-corrected chi connectivity index (χ1v) is 6.36. The summed E-state index contributed by atoms with van der Waals surface area (Å²) >= 11 is 0. The lowest BCUT2D eigenvalue weighted by molar-refractivity contribution is 0.447. The van der Waals surface area contributed by atoms with Crippen molar-refractivity contribution in [1.82, 2.24) is 9.97 Å². The Balaban J connectivity index is 2.08. The van der Waals surface area contributed by atoms with Crippen molar-refractivity contribution in [2.75, 3.05) is 0 Å². The fraction of sp³-hybridized carbons (Fsp3) is 0. The summed E-state index contributed by atoms with van der Waals surface area (Å²) in [6, 6.07) is 13.4. The average molecular weight is 280 g/mol. The van der Waals surface area contributed by atoms with Crippen LogP contribution in [-0.4, -0.2) is 15.1 Å². The Kier molecular flexibility index (Phi) is 2.41. The van der Waals surface area contributed by atoms with Gasteiger partial charge in [-0.1, -0.05) is 30.3 Å². The van der Waals surface area contributed by atoms with Gasteiger partial charge in [0.05, 0.1) is 0 Å². The van der Waals surface area contributed by atoms with Gasteiger partial charge in [0, 0.05) is 10.9 Å². The maximum absolute atomic E-state index is 13.4. The van der Waals surface area contributed by atoms with E-state index in [0.717, 1.165) is 5.56 Å². The van der Waals surface area contributed by atoms with E-state index in [1.165, 1.54) is 18.2 Å². The maximum atomic E-state index is 13.4. The molecule has 102 valence electrons. The third-order valence-electron chi connectivity index (χ3n) is 3.29. The molecular weight excluding hydrogens is 271 g/mol. The van der Waals surface area contributed by atoms with E-state index >= 15 is 0 Å². The summed E-state index contributed by atoms with van der Waals surface area (Å²) in [6.45, 7) is 0. The molecule has 2 heterocycles. The molecule has 0 saturated carbocycles. The van der Waals surface area contributed by atoms with Crippen LogP contribution in [0, 0.1) is 5.82 Å². The lowest BCUT2D eigenvalue weighted by Crippen LogP contribution is -1.89. The Hall–Kier alpha value is -2.95. The SMILES string of the molecule is Oc1nc(-c2ccccc2)nc2c1oc1ccc(F)cc12. The van der Waals surface area contributed by atoms with Crippen molar-refractivity contribution in [2.24, 2.45) is 0 Å². The van der Waals surface area contributed by atoms with E-state index in [9.17, 15) is 9.50 Å². The Morgan fingerprint density at radius 1 is 1.00 bits per heavy atom. The minimum Gasteiger partial charge on any atom is -0.491 e. The summed E-state index contributed by atoms with van der Waals surface area (Å²) in [5.41, 5.74) is 1.78. The highest BCUT2D eigenvalue weighted by atomic mass is 19.1. The molecule has 0 bridgehead atoms. The Morgan fingerprint density at radius 2 is 1.81 bits per heavy atom. The van der Waals surface area contributed by atoms with Gasteiger partial charge in [-0.2, -0.15) is 4.98 Å². The number of rotatable bonds is 1. The summed E-state index contributed by atoms with van der Waals surface area (Å²) in [5, 5.41) is 10.6. The zero-order valence-electron chi connectivity index (χ0n) is 10.7. The van der Waals surface area contributed by atoms with Crippen LogP contribution in [0.2, 0.25) is 0 Å². The first-order valence-electron chi connectivity index (χ1n) is 6.36. The molecule has 0 aliphatic carbocycles. The van der Waals surface area contributed by atoms with Crippen LogP contribution < -0.4 is 0 Å². The Morgan fingerprint density at radius 3 is 2.62 bits per heavy atom. The molecular formula is C16H9FN2O2. The van der Waals surface area contributed by atoms with E-state index in [-0.39, 0.29) is 17.3 Å². The molecule has 0 fully saturated rings. The highest BCUT2D eigenvalue weighted by Gasteiger charge is 2.16. The second-order valence-corrected chi connectivity index (χ2v) is 4.66. The number of benzene rings is 2. The fourth-order valence-electron chi connectivity index (χ4n) is 2.32. The van der Waals surface area contributed by atoms with Crippen LogP contribution >= 0.6 is 0 Å². The summed E-state index contributed by atoms with van der Waals surface area (Å²) in [7, 11) is 0. The highest BCUT2D eigenvalue weighted by molar-refractivity contribution is 6.04. The number of hydrogen-bond donors (Lipinski definition) is 1. The van der Waals surface area contributed by atoms with E-state index in [1.807, 2.05) is 30.3 Å². The van der Waals surface area contributed by atoms with Gasteiger partial charge < -0.3 is 9.52 Å². The topological polar surface area (TPSA) is 59.2 Å². The number of aromatic nitrogens is 2. The monoisotopic (exact) mass is 280 g/mol. The fourth-order valence-corrected chi connectivity index (χ4v) is 2.32. The van der Waals surface area contributed by atoms with Crippen molar-refractivity contribution < 1.29 is 13.9 Å².